The highest BCUT2D eigenvalue weighted by atomic mass is 16.5. The topological polar surface area (TPSA) is 45.9 Å². The zero-order chi connectivity index (χ0) is 15.1. The second kappa shape index (κ2) is 8.00. The van der Waals surface area contributed by atoms with Crippen molar-refractivity contribution >= 4 is 12.0 Å². The number of furan rings is 1. The number of hydrogen-bond acceptors (Lipinski definition) is 4. The fraction of sp³-hybridized carbons (Fsp3) is 0.562. The van der Waals surface area contributed by atoms with Crippen molar-refractivity contribution in [1.82, 2.24) is 9.80 Å². The molecule has 0 saturated carbocycles. The Labute approximate surface area is 126 Å². The molecule has 1 saturated heterocycles. The van der Waals surface area contributed by atoms with Gasteiger partial charge in [0.2, 0.25) is 5.91 Å². The summed E-state index contributed by atoms with van der Waals surface area (Å²) in [5, 5.41) is 0. The molecule has 0 atom stereocenters. The lowest BCUT2D eigenvalue weighted by molar-refractivity contribution is -0.130. The smallest absolute Gasteiger partial charge is 0.246 e. The molecule has 0 aromatic carbocycles. The van der Waals surface area contributed by atoms with Crippen LogP contribution in [0.3, 0.4) is 0 Å². The Morgan fingerprint density at radius 3 is 2.71 bits per heavy atom. The van der Waals surface area contributed by atoms with Crippen LogP contribution in [0.15, 0.2) is 28.9 Å². The highest BCUT2D eigenvalue weighted by molar-refractivity contribution is 5.91. The van der Waals surface area contributed by atoms with Gasteiger partial charge in [-0.25, -0.2) is 0 Å². The summed E-state index contributed by atoms with van der Waals surface area (Å²) in [5.74, 6) is 0.739. The van der Waals surface area contributed by atoms with E-state index in [9.17, 15) is 4.79 Å². The molecule has 116 valence electrons. The van der Waals surface area contributed by atoms with Crippen LogP contribution in [0.25, 0.3) is 6.08 Å². The first-order valence-corrected chi connectivity index (χ1v) is 7.41. The number of nitrogens with zero attached hydrogens (tertiary/aromatic N) is 2. The minimum absolute atomic E-state index is 0.0418. The van der Waals surface area contributed by atoms with Gasteiger partial charge in [-0.05, 0) is 45.1 Å². The van der Waals surface area contributed by atoms with E-state index in [1.54, 1.807) is 18.4 Å². The van der Waals surface area contributed by atoms with Crippen LogP contribution >= 0.6 is 0 Å². The van der Waals surface area contributed by atoms with Gasteiger partial charge in [0, 0.05) is 38.4 Å². The largest absolute Gasteiger partial charge is 0.465 e. The number of ether oxygens (including phenoxy) is 1. The van der Waals surface area contributed by atoms with E-state index in [0.717, 1.165) is 39.1 Å². The molecule has 1 aromatic rings. The second-order valence-electron chi connectivity index (χ2n) is 5.53. The van der Waals surface area contributed by atoms with Gasteiger partial charge >= 0.3 is 0 Å². The third kappa shape index (κ3) is 5.02. The molecular weight excluding hydrogens is 268 g/mol. The van der Waals surface area contributed by atoms with E-state index >= 15 is 0 Å². The van der Waals surface area contributed by atoms with E-state index in [4.69, 9.17) is 9.15 Å². The number of carbonyl (C=O) groups excluding carboxylic acids is 1. The van der Waals surface area contributed by atoms with Crippen molar-refractivity contribution in [1.29, 1.82) is 0 Å². The normalized spacial score (nSPS) is 16.7. The molecular formula is C16H24N2O3. The maximum Gasteiger partial charge on any atom is 0.246 e. The molecule has 5 nitrogen and oxygen atoms in total. The first kappa shape index (κ1) is 15.8. The van der Waals surface area contributed by atoms with E-state index < -0.39 is 0 Å². The van der Waals surface area contributed by atoms with Gasteiger partial charge < -0.3 is 19.0 Å². The Morgan fingerprint density at radius 2 is 2.10 bits per heavy atom. The molecule has 0 spiro atoms. The lowest BCUT2D eigenvalue weighted by atomic mass is 10.1. The molecule has 1 amide bonds. The molecule has 0 bridgehead atoms. The van der Waals surface area contributed by atoms with Crippen molar-refractivity contribution in [3.05, 3.63) is 30.2 Å². The summed E-state index contributed by atoms with van der Waals surface area (Å²) in [5.41, 5.74) is 0. The van der Waals surface area contributed by atoms with E-state index in [1.807, 2.05) is 31.1 Å². The van der Waals surface area contributed by atoms with Crippen molar-refractivity contribution in [2.75, 3.05) is 40.4 Å². The fourth-order valence-corrected chi connectivity index (χ4v) is 2.41. The van der Waals surface area contributed by atoms with Gasteiger partial charge in [0.25, 0.3) is 0 Å². The van der Waals surface area contributed by atoms with Crippen LogP contribution in [-0.2, 0) is 9.53 Å². The van der Waals surface area contributed by atoms with Crippen molar-refractivity contribution in [2.45, 2.75) is 18.9 Å². The zero-order valence-electron chi connectivity index (χ0n) is 12.8. The minimum atomic E-state index is 0.0418. The first-order chi connectivity index (χ1) is 10.2. The summed E-state index contributed by atoms with van der Waals surface area (Å²) in [6.45, 7) is 3.06. The number of amides is 1. The lowest BCUT2D eigenvalue weighted by Gasteiger charge is -2.34. The molecule has 0 N–H and O–H groups in total. The average Bonchev–Trinajstić information content (AvgIpc) is 2.99. The molecule has 0 unspecified atom stereocenters. The Hall–Kier alpha value is -1.59. The molecule has 5 heteroatoms. The summed E-state index contributed by atoms with van der Waals surface area (Å²) >= 11 is 0. The number of likely N-dealkylation sites (N-methyl/N-ethyl adjacent to an activating group) is 1. The predicted molar refractivity (Wildman–Crippen MR) is 81.9 cm³/mol. The Morgan fingerprint density at radius 1 is 1.33 bits per heavy atom. The summed E-state index contributed by atoms with van der Waals surface area (Å²) in [4.78, 5) is 16.5. The molecule has 0 radical (unpaired) electrons. The van der Waals surface area contributed by atoms with Gasteiger partial charge in [0.15, 0.2) is 0 Å². The van der Waals surface area contributed by atoms with Gasteiger partial charge in [-0.3, -0.25) is 4.79 Å². The number of carbonyl (C=O) groups is 1. The molecule has 1 fully saturated rings. The summed E-state index contributed by atoms with van der Waals surface area (Å²) in [6, 6.07) is 3.92. The minimum Gasteiger partial charge on any atom is -0.465 e. The van der Waals surface area contributed by atoms with Crippen LogP contribution < -0.4 is 0 Å². The SMILES string of the molecule is CN(C)CCN(C(=O)/C=C/c1ccco1)C1CCOCC1. The van der Waals surface area contributed by atoms with Crippen LogP contribution in [0, 0.1) is 0 Å². The average molecular weight is 292 g/mol. The second-order valence-corrected chi connectivity index (χ2v) is 5.53. The quantitative estimate of drug-likeness (QED) is 0.751. The van der Waals surface area contributed by atoms with Crippen LogP contribution in [0.1, 0.15) is 18.6 Å². The Bertz CT molecular complexity index is 448. The molecule has 1 aliphatic rings. The van der Waals surface area contributed by atoms with E-state index in [1.165, 1.54) is 0 Å². The molecule has 2 heterocycles. The zero-order valence-corrected chi connectivity index (χ0v) is 12.8. The van der Waals surface area contributed by atoms with Gasteiger partial charge in [-0.15, -0.1) is 0 Å². The molecule has 1 aromatic heterocycles. The van der Waals surface area contributed by atoms with Crippen molar-refractivity contribution < 1.29 is 13.9 Å². The molecule has 2 rings (SSSR count). The Kier molecular flexibility index (Phi) is 6.02. The Balaban J connectivity index is 2.00. The monoisotopic (exact) mass is 292 g/mol. The lowest BCUT2D eigenvalue weighted by Crippen LogP contribution is -2.45. The maximum absolute atomic E-state index is 12.5. The molecule has 0 aliphatic carbocycles. The van der Waals surface area contributed by atoms with Crippen LogP contribution in [-0.4, -0.2) is 62.1 Å². The summed E-state index contributed by atoms with van der Waals surface area (Å²) in [6.07, 6.45) is 6.75. The van der Waals surface area contributed by atoms with Crippen LogP contribution in [0.2, 0.25) is 0 Å². The summed E-state index contributed by atoms with van der Waals surface area (Å²) in [7, 11) is 4.04. The first-order valence-electron chi connectivity index (χ1n) is 7.41. The predicted octanol–water partition coefficient (Wildman–Crippen LogP) is 1.86. The van der Waals surface area contributed by atoms with Gasteiger partial charge in [0.05, 0.1) is 6.26 Å². The van der Waals surface area contributed by atoms with E-state index in [-0.39, 0.29) is 11.9 Å². The molecule has 21 heavy (non-hydrogen) atoms. The van der Waals surface area contributed by atoms with Gasteiger partial charge in [0.1, 0.15) is 5.76 Å². The van der Waals surface area contributed by atoms with Crippen LogP contribution in [0.5, 0.6) is 0 Å². The van der Waals surface area contributed by atoms with E-state index in [2.05, 4.69) is 4.90 Å². The highest BCUT2D eigenvalue weighted by Crippen LogP contribution is 2.15. The highest BCUT2D eigenvalue weighted by Gasteiger charge is 2.24. The number of hydrogen-bond donors (Lipinski definition) is 0. The number of rotatable bonds is 6. The summed E-state index contributed by atoms with van der Waals surface area (Å²) < 4.78 is 10.6. The third-order valence-electron chi connectivity index (χ3n) is 3.64. The fourth-order valence-electron chi connectivity index (χ4n) is 2.41. The van der Waals surface area contributed by atoms with Crippen molar-refractivity contribution in [3.63, 3.8) is 0 Å². The molecule has 1 aliphatic heterocycles. The standard InChI is InChI=1S/C16H24N2O3/c1-17(2)9-10-18(14-7-12-20-13-8-14)16(19)6-5-15-4-3-11-21-15/h3-6,11,14H,7-10,12-13H2,1-2H3/b6-5+. The van der Waals surface area contributed by atoms with Crippen molar-refractivity contribution in [3.8, 4) is 0 Å². The maximum atomic E-state index is 12.5. The van der Waals surface area contributed by atoms with Gasteiger partial charge in [-0.2, -0.15) is 0 Å². The third-order valence-corrected chi connectivity index (χ3v) is 3.64. The van der Waals surface area contributed by atoms with E-state index in [0.29, 0.717) is 5.76 Å². The van der Waals surface area contributed by atoms with Crippen molar-refractivity contribution in [2.24, 2.45) is 0 Å². The van der Waals surface area contributed by atoms with Gasteiger partial charge in [-0.1, -0.05) is 0 Å². The van der Waals surface area contributed by atoms with Crippen LogP contribution in [0.4, 0.5) is 0 Å².